The molecule has 1 unspecified atom stereocenters. The Morgan fingerprint density at radius 3 is 2.00 bits per heavy atom. The molecular weight excluding hydrogens is 480 g/mol. The topological polar surface area (TPSA) is 95.9 Å². The van der Waals surface area contributed by atoms with Crippen LogP contribution in [0, 0.1) is 0 Å². The number of carbonyl (C=O) groups excluding carboxylic acids is 2. The van der Waals surface area contributed by atoms with Crippen LogP contribution < -0.4 is 15.0 Å². The van der Waals surface area contributed by atoms with Gasteiger partial charge in [-0.1, -0.05) is 45.0 Å². The number of hydrogen-bond acceptors (Lipinski definition) is 5. The first kappa shape index (κ1) is 26.9. The predicted octanol–water partition coefficient (Wildman–Crippen LogP) is 5.23. The zero-order chi connectivity index (χ0) is 27.3. The lowest BCUT2D eigenvalue weighted by molar-refractivity contribution is -0.139. The summed E-state index contributed by atoms with van der Waals surface area (Å²) in [5.74, 6) is -1.67. The smallest absolute Gasteiger partial charge is 0.343 e. The second kappa shape index (κ2) is 11.5. The molecule has 7 heteroatoms. The van der Waals surface area contributed by atoms with Crippen molar-refractivity contribution in [3.8, 4) is 5.75 Å². The van der Waals surface area contributed by atoms with Gasteiger partial charge >= 0.3 is 11.9 Å². The molecule has 2 N–H and O–H groups in total. The van der Waals surface area contributed by atoms with Gasteiger partial charge in [0.15, 0.2) is 0 Å². The number of carboxylic acid groups (broad SMARTS) is 1. The molecule has 1 amide bonds. The van der Waals surface area contributed by atoms with Gasteiger partial charge in [-0.25, -0.2) is 9.59 Å². The molecule has 0 aromatic heterocycles. The van der Waals surface area contributed by atoms with Gasteiger partial charge in [0.25, 0.3) is 5.91 Å². The fraction of sp³-hybridized carbons (Fsp3) is 0.323. The summed E-state index contributed by atoms with van der Waals surface area (Å²) >= 11 is 0. The molecule has 0 aliphatic carbocycles. The molecule has 3 aromatic carbocycles. The van der Waals surface area contributed by atoms with E-state index in [-0.39, 0.29) is 11.8 Å². The van der Waals surface area contributed by atoms with Crippen LogP contribution in [0.25, 0.3) is 0 Å². The van der Waals surface area contributed by atoms with E-state index in [2.05, 4.69) is 31.0 Å². The third-order valence-electron chi connectivity index (χ3n) is 6.76. The van der Waals surface area contributed by atoms with Gasteiger partial charge in [0.2, 0.25) is 0 Å². The Balaban J connectivity index is 1.34. The summed E-state index contributed by atoms with van der Waals surface area (Å²) < 4.78 is 5.49. The van der Waals surface area contributed by atoms with Crippen LogP contribution in [0.4, 0.5) is 5.69 Å². The van der Waals surface area contributed by atoms with Crippen LogP contribution >= 0.6 is 0 Å². The summed E-state index contributed by atoms with van der Waals surface area (Å²) in [6, 6.07) is 20.1. The largest absolute Gasteiger partial charge is 0.480 e. The maximum Gasteiger partial charge on any atom is 0.343 e. The average molecular weight is 515 g/mol. The summed E-state index contributed by atoms with van der Waals surface area (Å²) in [7, 11) is 0. The van der Waals surface area contributed by atoms with Gasteiger partial charge in [0.05, 0.1) is 5.56 Å². The number of esters is 1. The van der Waals surface area contributed by atoms with E-state index in [0.29, 0.717) is 22.4 Å². The summed E-state index contributed by atoms with van der Waals surface area (Å²) in [6.45, 7) is 8.32. The molecule has 198 valence electrons. The van der Waals surface area contributed by atoms with Gasteiger partial charge in [0, 0.05) is 30.8 Å². The van der Waals surface area contributed by atoms with Crippen molar-refractivity contribution in [2.75, 3.05) is 18.0 Å². The van der Waals surface area contributed by atoms with Crippen LogP contribution in [0.1, 0.15) is 65.5 Å². The van der Waals surface area contributed by atoms with Gasteiger partial charge in [-0.2, -0.15) is 0 Å². The zero-order valence-electron chi connectivity index (χ0n) is 22.1. The SMILES string of the molecule is CC(C)(C)c1ccc(C(=O)NC(Cc2ccc(OC(=O)c3ccc(N4CCCC4)cc3)cc2)C(=O)O)cc1. The molecule has 1 heterocycles. The number of nitrogens with one attached hydrogen (secondary N) is 1. The number of carboxylic acids is 1. The molecule has 1 aliphatic heterocycles. The fourth-order valence-corrected chi connectivity index (χ4v) is 4.44. The highest BCUT2D eigenvalue weighted by molar-refractivity contribution is 5.96. The molecule has 1 atom stereocenters. The quantitative estimate of drug-likeness (QED) is 0.316. The summed E-state index contributed by atoms with van der Waals surface area (Å²) in [5, 5.41) is 12.3. The molecule has 1 fully saturated rings. The first-order valence-corrected chi connectivity index (χ1v) is 12.9. The highest BCUT2D eigenvalue weighted by Crippen LogP contribution is 2.23. The minimum atomic E-state index is -1.13. The lowest BCUT2D eigenvalue weighted by atomic mass is 9.86. The van der Waals surface area contributed by atoms with Crippen molar-refractivity contribution in [3.05, 3.63) is 95.1 Å². The van der Waals surface area contributed by atoms with Crippen molar-refractivity contribution in [1.82, 2.24) is 5.32 Å². The Morgan fingerprint density at radius 1 is 0.868 bits per heavy atom. The number of carbonyl (C=O) groups is 3. The first-order valence-electron chi connectivity index (χ1n) is 12.9. The third-order valence-corrected chi connectivity index (χ3v) is 6.76. The minimum absolute atomic E-state index is 0.0446. The van der Waals surface area contributed by atoms with Crippen molar-refractivity contribution >= 4 is 23.5 Å². The molecule has 0 spiro atoms. The number of ether oxygens (including phenoxy) is 1. The fourth-order valence-electron chi connectivity index (χ4n) is 4.44. The van der Waals surface area contributed by atoms with Gasteiger partial charge in [-0.3, -0.25) is 4.79 Å². The summed E-state index contributed by atoms with van der Waals surface area (Å²) in [6.07, 6.45) is 2.46. The lowest BCUT2D eigenvalue weighted by Gasteiger charge is -2.19. The number of aliphatic carboxylic acids is 1. The van der Waals surface area contributed by atoms with Crippen LogP contribution in [-0.2, 0) is 16.6 Å². The van der Waals surface area contributed by atoms with E-state index in [4.69, 9.17) is 4.74 Å². The predicted molar refractivity (Wildman–Crippen MR) is 147 cm³/mol. The molecule has 38 heavy (non-hydrogen) atoms. The zero-order valence-corrected chi connectivity index (χ0v) is 22.1. The van der Waals surface area contributed by atoms with E-state index < -0.39 is 23.9 Å². The summed E-state index contributed by atoms with van der Waals surface area (Å²) in [5.41, 5.74) is 3.70. The number of benzene rings is 3. The third kappa shape index (κ3) is 6.79. The summed E-state index contributed by atoms with van der Waals surface area (Å²) in [4.78, 5) is 39.4. The highest BCUT2D eigenvalue weighted by Gasteiger charge is 2.22. The van der Waals surface area contributed by atoms with E-state index in [1.165, 1.54) is 12.8 Å². The standard InChI is InChI=1S/C31H34N2O5/c1-31(2,3)24-12-8-22(9-13-24)28(34)32-27(29(35)36)20-21-6-16-26(17-7-21)38-30(37)23-10-14-25(15-11-23)33-18-4-5-19-33/h6-17,27H,4-5,18-20H2,1-3H3,(H,32,34)(H,35,36). The normalized spacial score (nSPS) is 14.1. The minimum Gasteiger partial charge on any atom is -0.480 e. The van der Waals surface area contributed by atoms with Crippen LogP contribution in [0.15, 0.2) is 72.8 Å². The van der Waals surface area contributed by atoms with Gasteiger partial charge < -0.3 is 20.1 Å². The van der Waals surface area contributed by atoms with Crippen LogP contribution in [-0.4, -0.2) is 42.1 Å². The first-order chi connectivity index (χ1) is 18.1. The maximum atomic E-state index is 12.7. The van der Waals surface area contributed by atoms with Crippen LogP contribution in [0.2, 0.25) is 0 Å². The number of nitrogens with zero attached hydrogens (tertiary/aromatic N) is 1. The molecule has 7 nitrogen and oxygen atoms in total. The Labute approximate surface area is 223 Å². The number of anilines is 1. The van der Waals surface area contributed by atoms with Crippen molar-refractivity contribution in [2.24, 2.45) is 0 Å². The molecular formula is C31H34N2O5. The Bertz CT molecular complexity index is 1270. The van der Waals surface area contributed by atoms with Gasteiger partial charge in [-0.05, 0) is 77.9 Å². The lowest BCUT2D eigenvalue weighted by Crippen LogP contribution is -2.42. The Kier molecular flexibility index (Phi) is 8.15. The molecule has 1 saturated heterocycles. The second-order valence-corrected chi connectivity index (χ2v) is 10.7. The molecule has 0 radical (unpaired) electrons. The Hall–Kier alpha value is -4.13. The maximum absolute atomic E-state index is 12.7. The molecule has 0 bridgehead atoms. The second-order valence-electron chi connectivity index (χ2n) is 10.7. The van der Waals surface area contributed by atoms with Crippen molar-refractivity contribution in [1.29, 1.82) is 0 Å². The number of amides is 1. The highest BCUT2D eigenvalue weighted by atomic mass is 16.5. The molecule has 0 saturated carbocycles. The number of hydrogen-bond donors (Lipinski definition) is 2. The van der Waals surface area contributed by atoms with E-state index >= 15 is 0 Å². The van der Waals surface area contributed by atoms with Gasteiger partial charge in [-0.15, -0.1) is 0 Å². The molecule has 1 aliphatic rings. The molecule has 4 rings (SSSR count). The van der Waals surface area contributed by atoms with E-state index in [9.17, 15) is 19.5 Å². The van der Waals surface area contributed by atoms with E-state index in [1.807, 2.05) is 24.3 Å². The van der Waals surface area contributed by atoms with Crippen molar-refractivity contribution in [2.45, 2.75) is 51.5 Å². The number of rotatable bonds is 8. The monoisotopic (exact) mass is 514 g/mol. The van der Waals surface area contributed by atoms with Crippen LogP contribution in [0.3, 0.4) is 0 Å². The average Bonchev–Trinajstić information content (AvgIpc) is 3.44. The molecule has 3 aromatic rings. The van der Waals surface area contributed by atoms with Crippen molar-refractivity contribution < 1.29 is 24.2 Å². The Morgan fingerprint density at radius 2 is 1.45 bits per heavy atom. The van der Waals surface area contributed by atoms with Crippen molar-refractivity contribution in [3.63, 3.8) is 0 Å². The van der Waals surface area contributed by atoms with E-state index in [0.717, 1.165) is 24.3 Å². The van der Waals surface area contributed by atoms with E-state index in [1.54, 1.807) is 48.5 Å². The van der Waals surface area contributed by atoms with Crippen LogP contribution in [0.5, 0.6) is 5.75 Å². The van der Waals surface area contributed by atoms with Gasteiger partial charge in [0.1, 0.15) is 11.8 Å².